The lowest BCUT2D eigenvalue weighted by Gasteiger charge is -2.17. The van der Waals surface area contributed by atoms with Crippen molar-refractivity contribution in [2.75, 3.05) is 29.1 Å². The number of carbonyl (C=O) groups excluding carboxylic acids is 2. The van der Waals surface area contributed by atoms with Crippen molar-refractivity contribution < 1.29 is 14.3 Å². The van der Waals surface area contributed by atoms with E-state index in [1.165, 1.54) is 17.3 Å². The number of fused-ring (bicyclic) bond motifs is 1. The van der Waals surface area contributed by atoms with Crippen LogP contribution in [-0.2, 0) is 16.0 Å². The molecule has 0 aromatic heterocycles. The Balaban J connectivity index is 1.25. The second kappa shape index (κ2) is 9.50. The predicted octanol–water partition coefficient (Wildman–Crippen LogP) is 4.39. The number of hydrogen-bond donors (Lipinski definition) is 1. The second-order valence-corrected chi connectivity index (χ2v) is 7.94. The van der Waals surface area contributed by atoms with E-state index in [0.29, 0.717) is 17.2 Å². The quantitative estimate of drug-likeness (QED) is 0.579. The molecule has 4 rings (SSSR count). The zero-order valence-corrected chi connectivity index (χ0v) is 17.2. The van der Waals surface area contributed by atoms with Gasteiger partial charge in [0.2, 0.25) is 5.91 Å². The van der Waals surface area contributed by atoms with E-state index in [4.69, 9.17) is 4.74 Å². The first-order valence-electron chi connectivity index (χ1n) is 9.78. The van der Waals surface area contributed by atoms with Crippen LogP contribution in [0.2, 0.25) is 0 Å². The highest BCUT2D eigenvalue weighted by molar-refractivity contribution is 8.00. The Morgan fingerprint density at radius 2 is 1.67 bits per heavy atom. The Bertz CT molecular complexity index is 1020. The van der Waals surface area contributed by atoms with Crippen molar-refractivity contribution in [3.8, 4) is 5.75 Å². The Labute approximate surface area is 180 Å². The first-order chi connectivity index (χ1) is 14.7. The number of hydrogen-bond acceptors (Lipinski definition) is 4. The van der Waals surface area contributed by atoms with Crippen molar-refractivity contribution in [2.45, 2.75) is 11.3 Å². The van der Waals surface area contributed by atoms with Crippen molar-refractivity contribution in [3.63, 3.8) is 0 Å². The van der Waals surface area contributed by atoms with Gasteiger partial charge in [-0.3, -0.25) is 9.59 Å². The van der Waals surface area contributed by atoms with Crippen molar-refractivity contribution in [1.82, 2.24) is 0 Å². The maximum absolute atomic E-state index is 12.6. The molecule has 0 spiro atoms. The molecule has 30 heavy (non-hydrogen) atoms. The summed E-state index contributed by atoms with van der Waals surface area (Å²) in [5.41, 5.74) is 2.95. The first kappa shape index (κ1) is 20.0. The average molecular weight is 419 g/mol. The fourth-order valence-electron chi connectivity index (χ4n) is 3.32. The normalized spacial score (nSPS) is 12.3. The standard InChI is InChI=1S/C24H22N2O3S/c27-23(16-29-20-7-2-1-3-8-20)25-19-10-12-21(13-11-19)30-17-24(28)26-15-14-18-6-4-5-9-22(18)26/h1-13H,14-17H2,(H,25,27). The maximum atomic E-state index is 12.6. The third-order valence-corrected chi connectivity index (χ3v) is 5.80. The molecule has 3 aromatic carbocycles. The number of para-hydroxylation sites is 2. The van der Waals surface area contributed by atoms with E-state index in [9.17, 15) is 9.59 Å². The van der Waals surface area contributed by atoms with Gasteiger partial charge in [-0.05, 0) is 54.4 Å². The van der Waals surface area contributed by atoms with Gasteiger partial charge in [-0.15, -0.1) is 11.8 Å². The fourth-order valence-corrected chi connectivity index (χ4v) is 4.09. The summed E-state index contributed by atoms with van der Waals surface area (Å²) in [4.78, 5) is 27.5. The van der Waals surface area contributed by atoms with Crippen LogP contribution in [-0.4, -0.2) is 30.7 Å². The van der Waals surface area contributed by atoms with Gasteiger partial charge in [0.05, 0.1) is 5.75 Å². The molecule has 1 aliphatic heterocycles. The van der Waals surface area contributed by atoms with Crippen LogP contribution in [0.5, 0.6) is 5.75 Å². The maximum Gasteiger partial charge on any atom is 0.262 e. The molecule has 0 aliphatic carbocycles. The number of nitrogens with one attached hydrogen (secondary N) is 1. The highest BCUT2D eigenvalue weighted by Gasteiger charge is 2.23. The van der Waals surface area contributed by atoms with Gasteiger partial charge in [-0.2, -0.15) is 0 Å². The Hall–Kier alpha value is -3.25. The summed E-state index contributed by atoms with van der Waals surface area (Å²) < 4.78 is 5.44. The van der Waals surface area contributed by atoms with Gasteiger partial charge < -0.3 is 15.0 Å². The van der Waals surface area contributed by atoms with Crippen molar-refractivity contribution >= 4 is 35.0 Å². The van der Waals surface area contributed by atoms with Crippen LogP contribution in [0.3, 0.4) is 0 Å². The molecule has 1 N–H and O–H groups in total. The van der Waals surface area contributed by atoms with Gasteiger partial charge in [0.15, 0.2) is 6.61 Å². The zero-order chi connectivity index (χ0) is 20.8. The molecule has 0 bridgehead atoms. The summed E-state index contributed by atoms with van der Waals surface area (Å²) in [5, 5.41) is 2.81. The Kier molecular flexibility index (Phi) is 6.35. The minimum Gasteiger partial charge on any atom is -0.484 e. The Morgan fingerprint density at radius 1 is 0.933 bits per heavy atom. The smallest absolute Gasteiger partial charge is 0.262 e. The van der Waals surface area contributed by atoms with E-state index >= 15 is 0 Å². The molecule has 6 heteroatoms. The lowest BCUT2D eigenvalue weighted by molar-refractivity contribution is -0.118. The number of carbonyl (C=O) groups is 2. The number of ether oxygens (including phenoxy) is 1. The monoisotopic (exact) mass is 418 g/mol. The van der Waals surface area contributed by atoms with E-state index in [-0.39, 0.29) is 18.4 Å². The van der Waals surface area contributed by atoms with Gasteiger partial charge >= 0.3 is 0 Å². The van der Waals surface area contributed by atoms with Crippen LogP contribution in [0.25, 0.3) is 0 Å². The van der Waals surface area contributed by atoms with E-state index in [2.05, 4.69) is 11.4 Å². The number of thioether (sulfide) groups is 1. The molecule has 0 fully saturated rings. The molecule has 1 aliphatic rings. The molecule has 1 heterocycles. The largest absolute Gasteiger partial charge is 0.484 e. The van der Waals surface area contributed by atoms with E-state index in [1.54, 1.807) is 12.1 Å². The molecular weight excluding hydrogens is 396 g/mol. The van der Waals surface area contributed by atoms with Gasteiger partial charge in [-0.1, -0.05) is 36.4 Å². The van der Waals surface area contributed by atoms with Gasteiger partial charge in [0.1, 0.15) is 5.75 Å². The van der Waals surface area contributed by atoms with Crippen molar-refractivity contribution in [1.29, 1.82) is 0 Å². The lowest BCUT2D eigenvalue weighted by Crippen LogP contribution is -2.30. The topological polar surface area (TPSA) is 58.6 Å². The lowest BCUT2D eigenvalue weighted by atomic mass is 10.2. The molecule has 2 amide bonds. The van der Waals surface area contributed by atoms with Crippen LogP contribution >= 0.6 is 11.8 Å². The fraction of sp³-hybridized carbons (Fsp3) is 0.167. The molecule has 0 saturated carbocycles. The van der Waals surface area contributed by atoms with Crippen LogP contribution < -0.4 is 15.0 Å². The predicted molar refractivity (Wildman–Crippen MR) is 120 cm³/mol. The van der Waals surface area contributed by atoms with Crippen LogP contribution in [0.1, 0.15) is 5.56 Å². The van der Waals surface area contributed by atoms with E-state index in [1.807, 2.05) is 65.6 Å². The van der Waals surface area contributed by atoms with Crippen LogP contribution in [0, 0.1) is 0 Å². The molecular formula is C24H22N2O3S. The van der Waals surface area contributed by atoms with Gasteiger partial charge in [0, 0.05) is 22.8 Å². The highest BCUT2D eigenvalue weighted by atomic mass is 32.2. The molecule has 0 saturated heterocycles. The van der Waals surface area contributed by atoms with Gasteiger partial charge in [-0.25, -0.2) is 0 Å². The highest BCUT2D eigenvalue weighted by Crippen LogP contribution is 2.29. The summed E-state index contributed by atoms with van der Waals surface area (Å²) in [6.07, 6.45) is 0.912. The molecule has 3 aromatic rings. The minimum atomic E-state index is -0.220. The summed E-state index contributed by atoms with van der Waals surface area (Å²) >= 11 is 1.50. The molecule has 0 unspecified atom stereocenters. The van der Waals surface area contributed by atoms with Crippen LogP contribution in [0.4, 0.5) is 11.4 Å². The number of nitrogens with zero attached hydrogens (tertiary/aromatic N) is 1. The van der Waals surface area contributed by atoms with Crippen molar-refractivity contribution in [2.24, 2.45) is 0 Å². The summed E-state index contributed by atoms with van der Waals surface area (Å²) in [6.45, 7) is 0.696. The van der Waals surface area contributed by atoms with E-state index < -0.39 is 0 Å². The zero-order valence-electron chi connectivity index (χ0n) is 16.4. The molecule has 0 radical (unpaired) electrons. The van der Waals surface area contributed by atoms with E-state index in [0.717, 1.165) is 23.5 Å². The number of rotatable bonds is 7. The third kappa shape index (κ3) is 5.02. The SMILES string of the molecule is O=C(COc1ccccc1)Nc1ccc(SCC(=O)N2CCc3ccccc32)cc1. The summed E-state index contributed by atoms with van der Waals surface area (Å²) in [6, 6.07) is 24.8. The molecule has 152 valence electrons. The van der Waals surface area contributed by atoms with Crippen LogP contribution in [0.15, 0.2) is 83.8 Å². The second-order valence-electron chi connectivity index (χ2n) is 6.89. The number of anilines is 2. The molecule has 0 atom stereocenters. The summed E-state index contributed by atoms with van der Waals surface area (Å²) in [5.74, 6) is 0.928. The third-order valence-electron chi connectivity index (χ3n) is 4.80. The van der Waals surface area contributed by atoms with Gasteiger partial charge in [0.25, 0.3) is 5.91 Å². The first-order valence-corrected chi connectivity index (χ1v) is 10.8. The number of amides is 2. The average Bonchev–Trinajstić information content (AvgIpc) is 3.22. The Morgan fingerprint density at radius 3 is 2.47 bits per heavy atom. The molecule has 5 nitrogen and oxygen atoms in total. The minimum absolute atomic E-state index is 0.0493. The summed E-state index contributed by atoms with van der Waals surface area (Å²) in [7, 11) is 0. The number of benzene rings is 3. The van der Waals surface area contributed by atoms with Crippen molar-refractivity contribution in [3.05, 3.63) is 84.4 Å².